The zero-order valence-electron chi connectivity index (χ0n) is 12.1. The summed E-state index contributed by atoms with van der Waals surface area (Å²) in [5, 5.41) is 2.73. The van der Waals surface area contributed by atoms with E-state index in [1.807, 2.05) is 6.92 Å². The number of carbonyl (C=O) groups excluding carboxylic acids is 1. The standard InChI is InChI=1S/C14H21N3O3S/c1-2-4-13(15)14(18)16-11-5-7-12(8-6-11)17-9-3-10-21(17,19)20/h5-8,13H,2-4,9-10,15H2,1H3,(H,16,18). The maximum absolute atomic E-state index is 11.8. The van der Waals surface area contributed by atoms with Crippen LogP contribution in [0.15, 0.2) is 24.3 Å². The van der Waals surface area contributed by atoms with Crippen molar-refractivity contribution in [2.24, 2.45) is 5.73 Å². The highest BCUT2D eigenvalue weighted by Gasteiger charge is 2.28. The van der Waals surface area contributed by atoms with Crippen LogP contribution in [0.4, 0.5) is 11.4 Å². The van der Waals surface area contributed by atoms with Gasteiger partial charge in [-0.15, -0.1) is 0 Å². The Morgan fingerprint density at radius 2 is 2.05 bits per heavy atom. The first kappa shape index (κ1) is 15.8. The van der Waals surface area contributed by atoms with Crippen LogP contribution in [0.1, 0.15) is 26.2 Å². The van der Waals surface area contributed by atoms with Crippen molar-refractivity contribution in [2.45, 2.75) is 32.2 Å². The molecule has 1 atom stereocenters. The van der Waals surface area contributed by atoms with Gasteiger partial charge >= 0.3 is 0 Å². The molecule has 3 N–H and O–H groups in total. The molecule has 116 valence electrons. The van der Waals surface area contributed by atoms with Crippen molar-refractivity contribution in [3.63, 3.8) is 0 Å². The van der Waals surface area contributed by atoms with Gasteiger partial charge in [-0.1, -0.05) is 13.3 Å². The van der Waals surface area contributed by atoms with Crippen molar-refractivity contribution in [2.75, 3.05) is 21.9 Å². The molecule has 21 heavy (non-hydrogen) atoms. The quantitative estimate of drug-likeness (QED) is 0.857. The van der Waals surface area contributed by atoms with E-state index in [0.717, 1.165) is 6.42 Å². The second-order valence-corrected chi connectivity index (χ2v) is 7.19. The zero-order chi connectivity index (χ0) is 15.5. The van der Waals surface area contributed by atoms with E-state index < -0.39 is 16.1 Å². The molecule has 1 aliphatic rings. The second-order valence-electron chi connectivity index (χ2n) is 5.17. The topological polar surface area (TPSA) is 92.5 Å². The van der Waals surface area contributed by atoms with Gasteiger partial charge in [0.25, 0.3) is 0 Å². The number of hydrogen-bond donors (Lipinski definition) is 2. The molecule has 0 bridgehead atoms. The number of nitrogens with zero attached hydrogens (tertiary/aromatic N) is 1. The Balaban J connectivity index is 2.04. The van der Waals surface area contributed by atoms with Gasteiger partial charge in [-0.3, -0.25) is 9.10 Å². The number of nitrogens with two attached hydrogens (primary N) is 1. The van der Waals surface area contributed by atoms with Crippen LogP contribution >= 0.6 is 0 Å². The first-order valence-electron chi connectivity index (χ1n) is 7.11. The molecule has 0 spiro atoms. The molecule has 1 aromatic rings. The fourth-order valence-electron chi connectivity index (χ4n) is 2.32. The Morgan fingerprint density at radius 3 is 2.57 bits per heavy atom. The van der Waals surface area contributed by atoms with Gasteiger partial charge in [0.05, 0.1) is 17.5 Å². The summed E-state index contributed by atoms with van der Waals surface area (Å²) in [5.41, 5.74) is 6.99. The Kier molecular flexibility index (Phi) is 4.84. The van der Waals surface area contributed by atoms with Crippen LogP contribution in [0, 0.1) is 0 Å². The van der Waals surface area contributed by atoms with Crippen LogP contribution in [0.5, 0.6) is 0 Å². The van der Waals surface area contributed by atoms with Crippen LogP contribution in [0.25, 0.3) is 0 Å². The molecule has 1 saturated heterocycles. The number of anilines is 2. The van der Waals surface area contributed by atoms with E-state index in [-0.39, 0.29) is 11.7 Å². The van der Waals surface area contributed by atoms with Gasteiger partial charge < -0.3 is 11.1 Å². The molecule has 7 heteroatoms. The van der Waals surface area contributed by atoms with Crippen molar-refractivity contribution < 1.29 is 13.2 Å². The third-order valence-electron chi connectivity index (χ3n) is 3.46. The number of hydrogen-bond acceptors (Lipinski definition) is 4. The van der Waals surface area contributed by atoms with Crippen molar-refractivity contribution >= 4 is 27.3 Å². The molecule has 6 nitrogen and oxygen atoms in total. The summed E-state index contributed by atoms with van der Waals surface area (Å²) in [6, 6.07) is 6.27. The molecule has 0 radical (unpaired) electrons. The van der Waals surface area contributed by atoms with Crippen LogP contribution < -0.4 is 15.4 Å². The molecule has 1 aliphatic heterocycles. The molecule has 0 saturated carbocycles. The van der Waals surface area contributed by atoms with Gasteiger partial charge in [-0.05, 0) is 37.1 Å². The maximum Gasteiger partial charge on any atom is 0.241 e. The monoisotopic (exact) mass is 311 g/mol. The van der Waals surface area contributed by atoms with Crippen LogP contribution in [0.2, 0.25) is 0 Å². The predicted octanol–water partition coefficient (Wildman–Crippen LogP) is 1.29. The Bertz CT molecular complexity index is 598. The Labute approximate surface area is 125 Å². The smallest absolute Gasteiger partial charge is 0.241 e. The fourth-order valence-corrected chi connectivity index (χ4v) is 3.88. The largest absolute Gasteiger partial charge is 0.325 e. The highest BCUT2D eigenvalue weighted by Crippen LogP contribution is 2.25. The highest BCUT2D eigenvalue weighted by molar-refractivity contribution is 7.93. The van der Waals surface area contributed by atoms with Gasteiger partial charge in [0, 0.05) is 12.2 Å². The molecule has 1 amide bonds. The zero-order valence-corrected chi connectivity index (χ0v) is 12.9. The van der Waals surface area contributed by atoms with Gasteiger partial charge in [-0.25, -0.2) is 8.42 Å². The number of sulfonamides is 1. The van der Waals surface area contributed by atoms with E-state index in [9.17, 15) is 13.2 Å². The fraction of sp³-hybridized carbons (Fsp3) is 0.500. The summed E-state index contributed by atoms with van der Waals surface area (Å²) < 4.78 is 25.1. The molecular formula is C14H21N3O3S. The van der Waals surface area contributed by atoms with E-state index in [1.165, 1.54) is 4.31 Å². The van der Waals surface area contributed by atoms with Crippen molar-refractivity contribution in [1.82, 2.24) is 0 Å². The molecular weight excluding hydrogens is 290 g/mol. The SMILES string of the molecule is CCCC(N)C(=O)Nc1ccc(N2CCCS2(=O)=O)cc1. The van der Waals surface area contributed by atoms with E-state index in [0.29, 0.717) is 30.8 Å². The Morgan fingerprint density at radius 1 is 1.38 bits per heavy atom. The van der Waals surface area contributed by atoms with Gasteiger partial charge in [0.15, 0.2) is 0 Å². The number of amides is 1. The van der Waals surface area contributed by atoms with Crippen LogP contribution in [-0.4, -0.2) is 32.7 Å². The summed E-state index contributed by atoms with van der Waals surface area (Å²) >= 11 is 0. The minimum Gasteiger partial charge on any atom is -0.325 e. The normalized spacial score (nSPS) is 18.5. The summed E-state index contributed by atoms with van der Waals surface area (Å²) in [5.74, 6) is -0.0319. The summed E-state index contributed by atoms with van der Waals surface area (Å²) in [6.07, 6.45) is 2.13. The molecule has 1 heterocycles. The van der Waals surface area contributed by atoms with Gasteiger partial charge in [0.2, 0.25) is 15.9 Å². The first-order valence-corrected chi connectivity index (χ1v) is 8.72. The third-order valence-corrected chi connectivity index (χ3v) is 5.33. The second kappa shape index (κ2) is 6.44. The molecule has 0 aliphatic carbocycles. The molecule has 0 aromatic heterocycles. The highest BCUT2D eigenvalue weighted by atomic mass is 32.2. The number of benzene rings is 1. The Hall–Kier alpha value is -1.60. The number of rotatable bonds is 5. The van der Waals surface area contributed by atoms with Gasteiger partial charge in [-0.2, -0.15) is 0 Å². The van der Waals surface area contributed by atoms with Gasteiger partial charge in [0.1, 0.15) is 0 Å². The lowest BCUT2D eigenvalue weighted by Crippen LogP contribution is -2.35. The summed E-state index contributed by atoms with van der Waals surface area (Å²) in [6.45, 7) is 2.48. The molecule has 1 fully saturated rings. The predicted molar refractivity (Wildman–Crippen MR) is 83.7 cm³/mol. The molecule has 2 rings (SSSR count). The molecule has 1 unspecified atom stereocenters. The average Bonchev–Trinajstić information content (AvgIpc) is 2.79. The number of carbonyl (C=O) groups is 1. The van der Waals surface area contributed by atoms with Crippen molar-refractivity contribution in [1.29, 1.82) is 0 Å². The van der Waals surface area contributed by atoms with E-state index >= 15 is 0 Å². The number of nitrogens with one attached hydrogen (secondary N) is 1. The minimum atomic E-state index is -3.17. The average molecular weight is 311 g/mol. The summed E-state index contributed by atoms with van der Waals surface area (Å²) in [4.78, 5) is 11.8. The molecule has 1 aromatic carbocycles. The lowest BCUT2D eigenvalue weighted by atomic mass is 10.1. The first-order chi connectivity index (χ1) is 9.94. The van der Waals surface area contributed by atoms with E-state index in [1.54, 1.807) is 24.3 Å². The van der Waals surface area contributed by atoms with Crippen molar-refractivity contribution in [3.05, 3.63) is 24.3 Å². The minimum absolute atomic E-state index is 0.192. The van der Waals surface area contributed by atoms with Crippen LogP contribution in [0.3, 0.4) is 0 Å². The lowest BCUT2D eigenvalue weighted by Gasteiger charge is -2.17. The third kappa shape index (κ3) is 3.74. The lowest BCUT2D eigenvalue weighted by molar-refractivity contribution is -0.117. The van der Waals surface area contributed by atoms with E-state index in [4.69, 9.17) is 5.73 Å². The van der Waals surface area contributed by atoms with E-state index in [2.05, 4.69) is 5.32 Å². The van der Waals surface area contributed by atoms with Crippen LogP contribution in [-0.2, 0) is 14.8 Å². The maximum atomic E-state index is 11.8. The summed E-state index contributed by atoms with van der Waals surface area (Å²) in [7, 11) is -3.17. The van der Waals surface area contributed by atoms with Crippen molar-refractivity contribution in [3.8, 4) is 0 Å².